The van der Waals surface area contributed by atoms with Crippen molar-refractivity contribution in [3.8, 4) is 0 Å². The Hall–Kier alpha value is -0.570. The van der Waals surface area contributed by atoms with Gasteiger partial charge in [-0.1, -0.05) is 0 Å². The van der Waals surface area contributed by atoms with Gasteiger partial charge in [0.15, 0.2) is 0 Å². The smallest absolute Gasteiger partial charge is 0.237 e. The fourth-order valence-electron chi connectivity index (χ4n) is 5.12. The van der Waals surface area contributed by atoms with E-state index in [1.54, 1.807) is 0 Å². The minimum Gasteiger partial charge on any atom is -0.352 e. The maximum Gasteiger partial charge on any atom is 0.237 e. The highest BCUT2D eigenvalue weighted by molar-refractivity contribution is 5.81. The first-order chi connectivity index (χ1) is 9.19. The van der Waals surface area contributed by atoms with Gasteiger partial charge in [-0.2, -0.15) is 0 Å². The zero-order valence-corrected chi connectivity index (χ0v) is 11.9. The first-order valence-electron chi connectivity index (χ1n) is 8.25. The number of nitrogens with one attached hydrogen (secondary N) is 2. The van der Waals surface area contributed by atoms with Gasteiger partial charge in [0.05, 0.1) is 6.04 Å². The molecule has 0 radical (unpaired) electrons. The van der Waals surface area contributed by atoms with Gasteiger partial charge in [0.2, 0.25) is 5.91 Å². The van der Waals surface area contributed by atoms with Crippen LogP contribution >= 0.6 is 0 Å². The molecule has 5 aliphatic rings. The van der Waals surface area contributed by atoms with Crippen LogP contribution in [0.15, 0.2) is 0 Å². The Bertz CT molecular complexity index is 349. The summed E-state index contributed by atoms with van der Waals surface area (Å²) in [6.45, 7) is 2.04. The van der Waals surface area contributed by atoms with Gasteiger partial charge in [-0.05, 0) is 75.5 Å². The van der Waals surface area contributed by atoms with E-state index in [1.165, 1.54) is 44.9 Å². The lowest BCUT2D eigenvalue weighted by atomic mass is 9.54. The molecule has 2 N–H and O–H groups in total. The predicted molar refractivity (Wildman–Crippen MR) is 74.6 cm³/mol. The molecule has 5 saturated carbocycles. The summed E-state index contributed by atoms with van der Waals surface area (Å²) in [6, 6.07) is 1.09. The van der Waals surface area contributed by atoms with Crippen molar-refractivity contribution in [3.63, 3.8) is 0 Å². The third-order valence-corrected chi connectivity index (χ3v) is 5.99. The second-order valence-corrected chi connectivity index (χ2v) is 7.63. The molecule has 5 fully saturated rings. The molecule has 0 aromatic heterocycles. The van der Waals surface area contributed by atoms with Crippen molar-refractivity contribution in [3.05, 3.63) is 0 Å². The molecule has 0 unspecified atom stereocenters. The Morgan fingerprint density at radius 1 is 1.00 bits per heavy atom. The number of hydrogen-bond donors (Lipinski definition) is 2. The topological polar surface area (TPSA) is 41.1 Å². The van der Waals surface area contributed by atoms with E-state index in [1.807, 2.05) is 6.92 Å². The maximum atomic E-state index is 12.1. The lowest BCUT2D eigenvalue weighted by Crippen LogP contribution is -2.58. The van der Waals surface area contributed by atoms with Crippen LogP contribution in [0, 0.1) is 23.7 Å². The van der Waals surface area contributed by atoms with E-state index in [0.717, 1.165) is 23.7 Å². The van der Waals surface area contributed by atoms with Gasteiger partial charge >= 0.3 is 0 Å². The van der Waals surface area contributed by atoms with Crippen LogP contribution in [0.25, 0.3) is 0 Å². The van der Waals surface area contributed by atoms with E-state index in [-0.39, 0.29) is 11.9 Å². The monoisotopic (exact) mass is 262 g/mol. The van der Waals surface area contributed by atoms with Crippen LogP contribution in [0.5, 0.6) is 0 Å². The summed E-state index contributed by atoms with van der Waals surface area (Å²) >= 11 is 0. The molecule has 4 bridgehead atoms. The van der Waals surface area contributed by atoms with Crippen LogP contribution in [-0.2, 0) is 4.79 Å². The fourth-order valence-corrected chi connectivity index (χ4v) is 5.12. The summed E-state index contributed by atoms with van der Waals surface area (Å²) in [4.78, 5) is 12.1. The maximum absolute atomic E-state index is 12.1. The van der Waals surface area contributed by atoms with E-state index >= 15 is 0 Å². The van der Waals surface area contributed by atoms with Crippen molar-refractivity contribution >= 4 is 5.91 Å². The summed E-state index contributed by atoms with van der Waals surface area (Å²) in [7, 11) is 0. The molecule has 1 amide bonds. The summed E-state index contributed by atoms with van der Waals surface area (Å²) in [6.07, 6.45) is 9.52. The van der Waals surface area contributed by atoms with Crippen molar-refractivity contribution in [2.75, 3.05) is 0 Å². The van der Waals surface area contributed by atoms with Gasteiger partial charge in [-0.15, -0.1) is 0 Å². The molecular weight excluding hydrogens is 236 g/mol. The van der Waals surface area contributed by atoms with Crippen LogP contribution in [0.3, 0.4) is 0 Å². The normalized spacial score (nSPS) is 45.2. The third-order valence-electron chi connectivity index (χ3n) is 5.99. The largest absolute Gasteiger partial charge is 0.352 e. The first kappa shape index (κ1) is 12.2. The molecule has 0 aliphatic heterocycles. The molecule has 5 aliphatic carbocycles. The number of amides is 1. The molecule has 0 saturated heterocycles. The average molecular weight is 262 g/mol. The highest BCUT2D eigenvalue weighted by atomic mass is 16.2. The first-order valence-corrected chi connectivity index (χ1v) is 8.25. The van der Waals surface area contributed by atoms with Crippen molar-refractivity contribution in [2.45, 2.75) is 70.0 Å². The number of carbonyl (C=O) groups excluding carboxylic acids is 1. The van der Waals surface area contributed by atoms with Crippen LogP contribution < -0.4 is 10.6 Å². The van der Waals surface area contributed by atoms with Gasteiger partial charge in [0, 0.05) is 12.1 Å². The summed E-state index contributed by atoms with van der Waals surface area (Å²) in [5.41, 5.74) is 0. The quantitative estimate of drug-likeness (QED) is 0.814. The number of hydrogen-bond acceptors (Lipinski definition) is 2. The molecule has 19 heavy (non-hydrogen) atoms. The molecular formula is C16H26N2O. The molecule has 3 nitrogen and oxygen atoms in total. The molecule has 1 atom stereocenters. The average Bonchev–Trinajstić information content (AvgIpc) is 3.16. The van der Waals surface area contributed by atoms with Gasteiger partial charge in [-0.3, -0.25) is 4.79 Å². The van der Waals surface area contributed by atoms with Crippen LogP contribution in [0.4, 0.5) is 0 Å². The van der Waals surface area contributed by atoms with Crippen molar-refractivity contribution < 1.29 is 4.79 Å². The lowest BCUT2D eigenvalue weighted by Gasteiger charge is -2.55. The molecule has 0 aromatic carbocycles. The molecule has 5 rings (SSSR count). The van der Waals surface area contributed by atoms with Gasteiger partial charge in [-0.25, -0.2) is 0 Å². The van der Waals surface area contributed by atoms with E-state index in [9.17, 15) is 4.79 Å². The molecule has 0 heterocycles. The van der Waals surface area contributed by atoms with Crippen molar-refractivity contribution in [2.24, 2.45) is 23.7 Å². The molecule has 3 heteroatoms. The second-order valence-electron chi connectivity index (χ2n) is 7.63. The van der Waals surface area contributed by atoms with E-state index in [0.29, 0.717) is 12.1 Å². The highest BCUT2D eigenvalue weighted by Crippen LogP contribution is 2.53. The van der Waals surface area contributed by atoms with Crippen molar-refractivity contribution in [1.29, 1.82) is 0 Å². The van der Waals surface area contributed by atoms with Crippen LogP contribution in [0.2, 0.25) is 0 Å². The summed E-state index contributed by atoms with van der Waals surface area (Å²) < 4.78 is 0. The standard InChI is InChI=1S/C16H26N2O/c1-9(16(19)18-14-2-3-14)17-15-12-5-10-4-11(7-12)8-13(15)6-10/h9-15,17H,2-8H2,1H3,(H,18,19)/t9-,10?,11?,12?,13?,15?/m1/s1. The number of carbonyl (C=O) groups is 1. The Kier molecular flexibility index (Phi) is 2.87. The highest BCUT2D eigenvalue weighted by Gasteiger charge is 2.48. The van der Waals surface area contributed by atoms with Gasteiger partial charge in [0.1, 0.15) is 0 Å². The van der Waals surface area contributed by atoms with Gasteiger partial charge in [0.25, 0.3) is 0 Å². The lowest BCUT2D eigenvalue weighted by molar-refractivity contribution is -0.124. The minimum absolute atomic E-state index is 0.0110. The Labute approximate surface area is 115 Å². The zero-order chi connectivity index (χ0) is 13.0. The fraction of sp³-hybridized carbons (Fsp3) is 0.938. The van der Waals surface area contributed by atoms with Crippen molar-refractivity contribution in [1.82, 2.24) is 10.6 Å². The molecule has 0 spiro atoms. The Morgan fingerprint density at radius 2 is 1.58 bits per heavy atom. The van der Waals surface area contributed by atoms with E-state index < -0.39 is 0 Å². The SMILES string of the molecule is C[C@@H](NC1C2CC3CC(C2)CC1C3)C(=O)NC1CC1. The Morgan fingerprint density at radius 3 is 2.11 bits per heavy atom. The summed E-state index contributed by atoms with van der Waals surface area (Å²) in [5, 5.41) is 6.81. The third kappa shape index (κ3) is 2.31. The predicted octanol–water partition coefficient (Wildman–Crippen LogP) is 2.07. The van der Waals surface area contributed by atoms with E-state index in [4.69, 9.17) is 0 Å². The van der Waals surface area contributed by atoms with Crippen LogP contribution in [0.1, 0.15) is 51.9 Å². The van der Waals surface area contributed by atoms with Crippen LogP contribution in [-0.4, -0.2) is 24.0 Å². The second kappa shape index (κ2) is 4.47. The molecule has 106 valence electrons. The van der Waals surface area contributed by atoms with Gasteiger partial charge < -0.3 is 10.6 Å². The number of rotatable bonds is 4. The Balaban J connectivity index is 1.38. The van der Waals surface area contributed by atoms with E-state index in [2.05, 4.69) is 10.6 Å². The summed E-state index contributed by atoms with van der Waals surface area (Å²) in [5.74, 6) is 3.95. The molecule has 0 aromatic rings. The zero-order valence-electron chi connectivity index (χ0n) is 11.9. The minimum atomic E-state index is -0.0110.